The van der Waals surface area contributed by atoms with Crippen molar-refractivity contribution in [3.8, 4) is 16.9 Å². The number of amidine groups is 1. The minimum atomic E-state index is -0.0921. The smallest absolute Gasteiger partial charge is 0.146 e. The van der Waals surface area contributed by atoms with Gasteiger partial charge in [0.25, 0.3) is 0 Å². The monoisotopic (exact) mass is 570 g/mol. The molecule has 0 bridgehead atoms. The van der Waals surface area contributed by atoms with Gasteiger partial charge in [0.05, 0.1) is 6.04 Å². The molecule has 0 radical (unpaired) electrons. The average molecular weight is 571 g/mol. The van der Waals surface area contributed by atoms with Gasteiger partial charge in [-0.25, -0.2) is 0 Å². The predicted molar refractivity (Wildman–Crippen MR) is 180 cm³/mol. The maximum atomic E-state index is 6.70. The highest BCUT2D eigenvalue weighted by atomic mass is 16.5. The number of para-hydroxylation sites is 1. The Hall–Kier alpha value is -4.89. The van der Waals surface area contributed by atoms with Gasteiger partial charge >= 0.3 is 0 Å². The van der Waals surface area contributed by atoms with Crippen molar-refractivity contribution in [3.05, 3.63) is 155 Å². The summed E-state index contributed by atoms with van der Waals surface area (Å²) in [5.41, 5.74) is 10.6. The lowest BCUT2D eigenvalue weighted by molar-refractivity contribution is 0.135. The van der Waals surface area contributed by atoms with Crippen LogP contribution in [-0.2, 0) is 5.41 Å². The maximum Gasteiger partial charge on any atom is 0.146 e. The minimum Gasteiger partial charge on any atom is -0.485 e. The molecule has 3 nitrogen and oxygen atoms in total. The SMILES string of the molecule is CC1(C)C2=C(C=CC(C3NC(c4ccccc4)=NC4c5ccccc5OC43)C2)c2c1cc1ccccc1c2-c1ccccc1. The largest absolute Gasteiger partial charge is 0.485 e. The lowest BCUT2D eigenvalue weighted by Gasteiger charge is -2.39. The number of aliphatic imine (C=N–C) groups is 1. The van der Waals surface area contributed by atoms with Gasteiger partial charge in [-0.15, -0.1) is 0 Å². The van der Waals surface area contributed by atoms with Gasteiger partial charge in [-0.3, -0.25) is 4.99 Å². The van der Waals surface area contributed by atoms with Crippen molar-refractivity contribution in [3.63, 3.8) is 0 Å². The van der Waals surface area contributed by atoms with Gasteiger partial charge in [0.15, 0.2) is 0 Å². The standard InChI is InChI=1S/C41H34N2O/c1-41(2)32-24-28(37-39-38(31-19-11-12-20-34(31)44-39)43-40(42-37)26-15-7-4-8-16-26)21-22-30(32)36-33(41)23-27-17-9-10-18-29(27)35(36)25-13-5-3-6-14-25/h3-23,28,37-39H,24H2,1-2H3,(H,42,43). The molecule has 0 spiro atoms. The van der Waals surface area contributed by atoms with E-state index < -0.39 is 0 Å². The molecule has 0 saturated heterocycles. The third kappa shape index (κ3) is 3.72. The first-order chi connectivity index (χ1) is 21.6. The van der Waals surface area contributed by atoms with Crippen molar-refractivity contribution in [2.24, 2.45) is 10.9 Å². The van der Waals surface area contributed by atoms with E-state index in [1.54, 1.807) is 0 Å². The van der Waals surface area contributed by atoms with Gasteiger partial charge in [0.2, 0.25) is 0 Å². The highest BCUT2D eigenvalue weighted by Crippen LogP contribution is 2.56. The molecule has 4 aliphatic rings. The number of hydrogen-bond donors (Lipinski definition) is 1. The minimum absolute atomic E-state index is 0.0276. The van der Waals surface area contributed by atoms with Crippen molar-refractivity contribution in [1.82, 2.24) is 5.32 Å². The molecule has 2 aliphatic heterocycles. The highest BCUT2D eigenvalue weighted by Gasteiger charge is 2.48. The molecule has 3 heteroatoms. The molecule has 4 atom stereocenters. The van der Waals surface area contributed by atoms with Crippen molar-refractivity contribution in [1.29, 1.82) is 0 Å². The first-order valence-electron chi connectivity index (χ1n) is 15.8. The summed E-state index contributed by atoms with van der Waals surface area (Å²) in [5.74, 6) is 2.17. The lowest BCUT2D eigenvalue weighted by atomic mass is 9.73. The Balaban J connectivity index is 1.15. The maximum absolute atomic E-state index is 6.70. The van der Waals surface area contributed by atoms with E-state index in [9.17, 15) is 0 Å². The van der Waals surface area contributed by atoms with E-state index in [4.69, 9.17) is 9.73 Å². The van der Waals surface area contributed by atoms with E-state index in [-0.39, 0.29) is 29.5 Å². The zero-order valence-electron chi connectivity index (χ0n) is 25.0. The fourth-order valence-corrected chi connectivity index (χ4v) is 8.15. The van der Waals surface area contributed by atoms with Crippen LogP contribution >= 0.6 is 0 Å². The molecular formula is C41H34N2O. The van der Waals surface area contributed by atoms with Gasteiger partial charge in [0, 0.05) is 22.5 Å². The molecule has 5 aromatic carbocycles. The molecule has 0 fully saturated rings. The normalized spacial score (nSPS) is 24.1. The number of benzene rings is 5. The number of rotatable bonds is 3. The Morgan fingerprint density at radius 2 is 1.48 bits per heavy atom. The molecule has 2 heterocycles. The molecule has 214 valence electrons. The number of hydrogen-bond acceptors (Lipinski definition) is 3. The number of nitrogens with zero attached hydrogens (tertiary/aromatic N) is 1. The van der Waals surface area contributed by atoms with E-state index in [0.717, 1.165) is 23.6 Å². The zero-order chi connectivity index (χ0) is 29.4. The van der Waals surface area contributed by atoms with Crippen LogP contribution in [0.1, 0.15) is 48.6 Å². The van der Waals surface area contributed by atoms with Crippen molar-refractivity contribution in [2.45, 2.75) is 43.9 Å². The van der Waals surface area contributed by atoms with Crippen LogP contribution in [0.25, 0.3) is 27.5 Å². The predicted octanol–water partition coefficient (Wildman–Crippen LogP) is 9.05. The number of ether oxygens (including phenoxy) is 1. The summed E-state index contributed by atoms with van der Waals surface area (Å²) in [6.07, 6.45) is 5.78. The van der Waals surface area contributed by atoms with Gasteiger partial charge in [0.1, 0.15) is 23.7 Å². The molecule has 0 aromatic heterocycles. The third-order valence-electron chi connectivity index (χ3n) is 10.3. The lowest BCUT2D eigenvalue weighted by Crippen LogP contribution is -2.54. The molecule has 0 amide bonds. The number of nitrogens with one attached hydrogen (secondary N) is 1. The van der Waals surface area contributed by atoms with Crippen LogP contribution in [0, 0.1) is 5.92 Å². The Labute approximate surface area is 258 Å². The second-order valence-corrected chi connectivity index (χ2v) is 13.1. The van der Waals surface area contributed by atoms with Gasteiger partial charge < -0.3 is 10.1 Å². The second-order valence-electron chi connectivity index (χ2n) is 13.1. The topological polar surface area (TPSA) is 33.6 Å². The van der Waals surface area contributed by atoms with Gasteiger partial charge in [-0.05, 0) is 57.2 Å². The van der Waals surface area contributed by atoms with Crippen LogP contribution in [0.15, 0.2) is 138 Å². The summed E-state index contributed by atoms with van der Waals surface area (Å²) < 4.78 is 6.70. The first kappa shape index (κ1) is 25.6. The Bertz CT molecular complexity index is 2040. The average Bonchev–Trinajstić information content (AvgIpc) is 3.56. The Morgan fingerprint density at radius 3 is 2.30 bits per heavy atom. The highest BCUT2D eigenvalue weighted by molar-refractivity contribution is 6.07. The van der Waals surface area contributed by atoms with Crippen molar-refractivity contribution < 1.29 is 4.74 Å². The van der Waals surface area contributed by atoms with E-state index in [1.165, 1.54) is 49.7 Å². The van der Waals surface area contributed by atoms with Gasteiger partial charge in [-0.2, -0.15) is 0 Å². The van der Waals surface area contributed by atoms with Crippen LogP contribution in [0.2, 0.25) is 0 Å². The summed E-state index contributed by atoms with van der Waals surface area (Å²) >= 11 is 0. The Kier molecular flexibility index (Phi) is 5.56. The summed E-state index contributed by atoms with van der Waals surface area (Å²) in [4.78, 5) is 5.25. The van der Waals surface area contributed by atoms with Gasteiger partial charge in [-0.1, -0.05) is 135 Å². The fraction of sp³-hybridized carbons (Fsp3) is 0.195. The molecule has 44 heavy (non-hydrogen) atoms. The van der Waals surface area contributed by atoms with Crippen molar-refractivity contribution >= 4 is 22.2 Å². The molecular weight excluding hydrogens is 536 g/mol. The number of fused-ring (bicyclic) bond motifs is 6. The van der Waals surface area contributed by atoms with Crippen LogP contribution in [0.4, 0.5) is 0 Å². The zero-order valence-corrected chi connectivity index (χ0v) is 25.0. The molecule has 5 aromatic rings. The summed E-state index contributed by atoms with van der Waals surface area (Å²) in [6, 6.07) is 41.3. The Morgan fingerprint density at radius 1 is 0.773 bits per heavy atom. The quantitative estimate of drug-likeness (QED) is 0.235. The van der Waals surface area contributed by atoms with Crippen LogP contribution in [0.3, 0.4) is 0 Å². The molecule has 2 aliphatic carbocycles. The fourth-order valence-electron chi connectivity index (χ4n) is 8.15. The number of allylic oxidation sites excluding steroid dienone is 3. The summed E-state index contributed by atoms with van der Waals surface area (Å²) in [7, 11) is 0. The summed E-state index contributed by atoms with van der Waals surface area (Å²) in [5, 5.41) is 6.51. The second kappa shape index (κ2) is 9.56. The summed E-state index contributed by atoms with van der Waals surface area (Å²) in [6.45, 7) is 4.84. The van der Waals surface area contributed by atoms with Crippen LogP contribution < -0.4 is 10.1 Å². The third-order valence-corrected chi connectivity index (χ3v) is 10.3. The van der Waals surface area contributed by atoms with E-state index in [2.05, 4.69) is 147 Å². The first-order valence-corrected chi connectivity index (χ1v) is 15.8. The molecule has 9 rings (SSSR count). The van der Waals surface area contributed by atoms with Crippen LogP contribution in [-0.4, -0.2) is 18.0 Å². The van der Waals surface area contributed by atoms with E-state index in [1.807, 2.05) is 0 Å². The van der Waals surface area contributed by atoms with E-state index in [0.29, 0.717) is 0 Å². The van der Waals surface area contributed by atoms with Crippen molar-refractivity contribution in [2.75, 3.05) is 0 Å². The molecule has 4 unspecified atom stereocenters. The molecule has 1 N–H and O–H groups in total. The van der Waals surface area contributed by atoms with Crippen LogP contribution in [0.5, 0.6) is 5.75 Å². The molecule has 0 saturated carbocycles. The van der Waals surface area contributed by atoms with E-state index >= 15 is 0 Å².